The van der Waals surface area contributed by atoms with Gasteiger partial charge in [-0.25, -0.2) is 0 Å². The Labute approximate surface area is 295 Å². The topological polar surface area (TPSA) is 27.7 Å². The van der Waals surface area contributed by atoms with Gasteiger partial charge < -0.3 is 14.2 Å². The first-order valence-electron chi connectivity index (χ1n) is 18.3. The van der Waals surface area contributed by atoms with Gasteiger partial charge in [0.05, 0.1) is 0 Å². The smallest absolute Gasteiger partial charge is 0.298 e. The van der Waals surface area contributed by atoms with Gasteiger partial charge in [0.1, 0.15) is 5.41 Å². The number of hydrogen-bond acceptors (Lipinski definition) is 3. The average Bonchev–Trinajstić information content (AvgIpc) is 3.16. The van der Waals surface area contributed by atoms with Gasteiger partial charge in [0, 0.05) is 25.2 Å². The van der Waals surface area contributed by atoms with E-state index >= 15 is 0 Å². The fraction of sp³-hybridized carbons (Fsp3) is 0.348. The van der Waals surface area contributed by atoms with E-state index in [0.29, 0.717) is 19.8 Å². The van der Waals surface area contributed by atoms with Crippen LogP contribution in [0, 0.1) is 0 Å². The molecule has 0 spiro atoms. The summed E-state index contributed by atoms with van der Waals surface area (Å²) in [5.74, 6) is -1.55. The molecule has 1 unspecified atom stereocenters. The summed E-state index contributed by atoms with van der Waals surface area (Å²) in [6.07, 6.45) is 5.58. The van der Waals surface area contributed by atoms with Crippen molar-refractivity contribution in [2.24, 2.45) is 0 Å². The van der Waals surface area contributed by atoms with E-state index in [0.717, 1.165) is 30.4 Å². The monoisotopic (exact) mass is 654 g/mol. The number of unbranched alkanes of at least 4 members (excludes halogenated alkanes) is 3. The summed E-state index contributed by atoms with van der Waals surface area (Å²) in [5.41, 5.74) is 3.89. The first-order chi connectivity index (χ1) is 24.2. The highest BCUT2D eigenvalue weighted by Crippen LogP contribution is 2.66. The number of benzene rings is 5. The summed E-state index contributed by atoms with van der Waals surface area (Å²) < 4.78 is 21.4. The zero-order valence-electron chi connectivity index (χ0n) is 29.9. The molecule has 0 saturated heterocycles. The van der Waals surface area contributed by atoms with Crippen LogP contribution in [0.4, 0.5) is 0 Å². The van der Waals surface area contributed by atoms with Gasteiger partial charge in [-0.2, -0.15) is 0 Å². The fourth-order valence-electron chi connectivity index (χ4n) is 8.37. The van der Waals surface area contributed by atoms with Gasteiger partial charge in [-0.3, -0.25) is 0 Å². The predicted molar refractivity (Wildman–Crippen MR) is 203 cm³/mol. The number of rotatable bonds is 19. The maximum Gasteiger partial charge on any atom is 0.298 e. The molecule has 1 atom stereocenters. The van der Waals surface area contributed by atoms with E-state index in [1.165, 1.54) is 29.5 Å². The van der Waals surface area contributed by atoms with Crippen LogP contribution in [0.15, 0.2) is 152 Å². The molecular weight excluding hydrogens is 601 g/mol. The van der Waals surface area contributed by atoms with Crippen molar-refractivity contribution in [2.75, 3.05) is 19.8 Å². The molecule has 0 heterocycles. The highest BCUT2D eigenvalue weighted by molar-refractivity contribution is 5.60. The molecule has 256 valence electrons. The Morgan fingerprint density at radius 3 is 1.16 bits per heavy atom. The Morgan fingerprint density at radius 2 is 0.796 bits per heavy atom. The number of ether oxygens (including phenoxy) is 3. The van der Waals surface area contributed by atoms with Crippen LogP contribution in [0.5, 0.6) is 0 Å². The van der Waals surface area contributed by atoms with Crippen molar-refractivity contribution in [2.45, 2.75) is 82.5 Å². The van der Waals surface area contributed by atoms with Crippen molar-refractivity contribution >= 4 is 0 Å². The Hall–Kier alpha value is -4.02. The Morgan fingerprint density at radius 1 is 0.429 bits per heavy atom. The van der Waals surface area contributed by atoms with Crippen molar-refractivity contribution in [1.82, 2.24) is 0 Å². The molecule has 0 aliphatic carbocycles. The highest BCUT2D eigenvalue weighted by Gasteiger charge is 2.71. The maximum absolute atomic E-state index is 7.12. The molecule has 0 fully saturated rings. The van der Waals surface area contributed by atoms with Crippen molar-refractivity contribution in [3.63, 3.8) is 0 Å². The summed E-state index contributed by atoms with van der Waals surface area (Å²) in [5, 5.41) is 0. The molecule has 5 aromatic carbocycles. The normalized spacial score (nSPS) is 12.9. The quantitative estimate of drug-likeness (QED) is 0.0655. The number of hydrogen-bond donors (Lipinski definition) is 0. The molecule has 0 radical (unpaired) electrons. The highest BCUT2D eigenvalue weighted by atomic mass is 16.9. The summed E-state index contributed by atoms with van der Waals surface area (Å²) in [6.45, 7) is 9.59. The third-order valence-corrected chi connectivity index (χ3v) is 10.00. The SMILES string of the molecule is CCCCCCC(c1ccccc1)C(c1ccccc1)(c1ccccc1)C(c1ccccc1)(c1ccccc1)C(OCC)(OCC)OCC. The van der Waals surface area contributed by atoms with Crippen molar-refractivity contribution < 1.29 is 14.2 Å². The minimum absolute atomic E-state index is 0.0171. The molecular formula is C46H54O3. The molecule has 0 amide bonds. The summed E-state index contributed by atoms with van der Waals surface area (Å²) >= 11 is 0. The van der Waals surface area contributed by atoms with Crippen molar-refractivity contribution in [3.8, 4) is 0 Å². The zero-order valence-corrected chi connectivity index (χ0v) is 29.9. The molecule has 49 heavy (non-hydrogen) atoms. The second-order valence-corrected chi connectivity index (χ2v) is 12.7. The van der Waals surface area contributed by atoms with Crippen molar-refractivity contribution in [1.29, 1.82) is 0 Å². The summed E-state index contributed by atoms with van der Waals surface area (Å²) in [7, 11) is 0. The van der Waals surface area contributed by atoms with Crippen LogP contribution in [-0.4, -0.2) is 25.8 Å². The van der Waals surface area contributed by atoms with Gasteiger partial charge in [0.15, 0.2) is 0 Å². The van der Waals surface area contributed by atoms with Gasteiger partial charge in [-0.15, -0.1) is 0 Å². The lowest BCUT2D eigenvalue weighted by atomic mass is 9.44. The fourth-order valence-corrected chi connectivity index (χ4v) is 8.37. The van der Waals surface area contributed by atoms with Crippen LogP contribution in [0.1, 0.15) is 93.5 Å². The predicted octanol–water partition coefficient (Wildman–Crippen LogP) is 11.5. The summed E-state index contributed by atoms with van der Waals surface area (Å²) in [4.78, 5) is 0. The minimum atomic E-state index is -1.53. The molecule has 0 aliphatic heterocycles. The van der Waals surface area contributed by atoms with E-state index in [1.54, 1.807) is 0 Å². The van der Waals surface area contributed by atoms with E-state index in [4.69, 9.17) is 14.2 Å². The lowest BCUT2D eigenvalue weighted by Gasteiger charge is -2.62. The van der Waals surface area contributed by atoms with Gasteiger partial charge in [0.25, 0.3) is 5.97 Å². The third-order valence-electron chi connectivity index (χ3n) is 10.00. The molecule has 0 aliphatic rings. The van der Waals surface area contributed by atoms with E-state index in [1.807, 2.05) is 20.8 Å². The van der Waals surface area contributed by atoms with Crippen LogP contribution in [0.25, 0.3) is 0 Å². The summed E-state index contributed by atoms with van der Waals surface area (Å²) in [6, 6.07) is 55.0. The Bertz CT molecular complexity index is 1530. The molecule has 3 nitrogen and oxygen atoms in total. The van der Waals surface area contributed by atoms with Gasteiger partial charge in [-0.1, -0.05) is 184 Å². The molecule has 0 bridgehead atoms. The van der Waals surface area contributed by atoms with E-state index < -0.39 is 16.8 Å². The standard InChI is InChI=1S/C46H54O3/c1-5-9-10-26-37-43(38-27-16-11-17-28-38)44(39-29-18-12-19-30-39,40-31-20-13-21-32-40)45(41-33-22-14-23-34-41,42-35-24-15-25-36-42)46(47-6-2,48-7-3)49-8-4/h11-25,27-36,43H,5-10,26,37H2,1-4H3. The maximum atomic E-state index is 7.12. The molecule has 5 aromatic rings. The first kappa shape index (κ1) is 36.3. The minimum Gasteiger partial charge on any atom is -0.327 e. The second-order valence-electron chi connectivity index (χ2n) is 12.7. The van der Waals surface area contributed by atoms with Crippen LogP contribution in [0.2, 0.25) is 0 Å². The van der Waals surface area contributed by atoms with Crippen LogP contribution in [0.3, 0.4) is 0 Å². The van der Waals surface area contributed by atoms with Crippen LogP contribution < -0.4 is 0 Å². The largest absolute Gasteiger partial charge is 0.327 e. The van der Waals surface area contributed by atoms with Crippen molar-refractivity contribution in [3.05, 3.63) is 179 Å². The average molecular weight is 655 g/mol. The third kappa shape index (κ3) is 6.90. The zero-order chi connectivity index (χ0) is 34.4. The van der Waals surface area contributed by atoms with Gasteiger partial charge >= 0.3 is 0 Å². The second kappa shape index (κ2) is 17.6. The molecule has 0 saturated carbocycles. The molecule has 0 aromatic heterocycles. The molecule has 3 heteroatoms. The Balaban J connectivity index is 2.13. The lowest BCUT2D eigenvalue weighted by molar-refractivity contribution is -0.411. The molecule has 5 rings (SSSR count). The van der Waals surface area contributed by atoms with Crippen LogP contribution in [-0.2, 0) is 25.0 Å². The first-order valence-corrected chi connectivity index (χ1v) is 18.3. The lowest BCUT2D eigenvalue weighted by Crippen LogP contribution is -2.69. The van der Waals surface area contributed by atoms with Gasteiger partial charge in [-0.05, 0) is 60.9 Å². The van der Waals surface area contributed by atoms with Gasteiger partial charge in [0.2, 0.25) is 0 Å². The van der Waals surface area contributed by atoms with E-state index in [2.05, 4.69) is 159 Å². The Kier molecular flexibility index (Phi) is 13.0. The van der Waals surface area contributed by atoms with E-state index in [9.17, 15) is 0 Å². The van der Waals surface area contributed by atoms with Crippen LogP contribution >= 0.6 is 0 Å². The van der Waals surface area contributed by atoms with E-state index in [-0.39, 0.29) is 5.92 Å². The molecule has 0 N–H and O–H groups in total.